The Morgan fingerprint density at radius 3 is 2.89 bits per heavy atom. The van der Waals surface area contributed by atoms with Crippen molar-refractivity contribution in [2.45, 2.75) is 32.1 Å². The van der Waals surface area contributed by atoms with Gasteiger partial charge in [-0.1, -0.05) is 42.7 Å². The van der Waals surface area contributed by atoms with E-state index in [1.54, 1.807) is 11.3 Å². The van der Waals surface area contributed by atoms with Crippen LogP contribution in [0.5, 0.6) is 0 Å². The molecule has 1 fully saturated rings. The van der Waals surface area contributed by atoms with Crippen molar-refractivity contribution in [1.82, 2.24) is 4.98 Å². The Morgan fingerprint density at radius 2 is 2.06 bits per heavy atom. The third-order valence-corrected chi connectivity index (χ3v) is 4.33. The van der Waals surface area contributed by atoms with Crippen LogP contribution in [0.15, 0.2) is 29.4 Å². The maximum Gasteiger partial charge on any atom is 0.204 e. The van der Waals surface area contributed by atoms with Crippen LogP contribution in [0.25, 0.3) is 10.2 Å². The number of hydrogen-bond acceptors (Lipinski definition) is 4. The lowest BCUT2D eigenvalue weighted by molar-refractivity contribution is 0.445. The SMILES string of the molecule is C(=NNc1nc2ccccc2s1)C1CCCCC1. The highest BCUT2D eigenvalue weighted by molar-refractivity contribution is 7.22. The van der Waals surface area contributed by atoms with E-state index in [9.17, 15) is 0 Å². The molecule has 1 saturated carbocycles. The van der Waals surface area contributed by atoms with E-state index in [4.69, 9.17) is 0 Å². The zero-order valence-electron chi connectivity index (χ0n) is 10.3. The van der Waals surface area contributed by atoms with Crippen molar-refractivity contribution < 1.29 is 0 Å². The summed E-state index contributed by atoms with van der Waals surface area (Å²) < 4.78 is 1.20. The number of rotatable bonds is 3. The van der Waals surface area contributed by atoms with E-state index >= 15 is 0 Å². The van der Waals surface area contributed by atoms with Crippen molar-refractivity contribution in [2.75, 3.05) is 5.43 Å². The van der Waals surface area contributed by atoms with Crippen molar-refractivity contribution in [3.05, 3.63) is 24.3 Å². The topological polar surface area (TPSA) is 37.3 Å². The van der Waals surface area contributed by atoms with Crippen LogP contribution >= 0.6 is 11.3 Å². The molecular formula is C14H17N3S. The molecule has 0 bridgehead atoms. The summed E-state index contributed by atoms with van der Waals surface area (Å²) in [5.74, 6) is 0.653. The number of nitrogens with zero attached hydrogens (tertiary/aromatic N) is 2. The average molecular weight is 259 g/mol. The van der Waals surface area contributed by atoms with Crippen molar-refractivity contribution in [3.8, 4) is 0 Å². The molecule has 0 atom stereocenters. The Morgan fingerprint density at radius 1 is 1.22 bits per heavy atom. The number of nitrogens with one attached hydrogen (secondary N) is 1. The zero-order valence-corrected chi connectivity index (χ0v) is 11.1. The molecule has 94 valence electrons. The van der Waals surface area contributed by atoms with Crippen molar-refractivity contribution >= 4 is 32.9 Å². The van der Waals surface area contributed by atoms with Crippen molar-refractivity contribution in [1.29, 1.82) is 0 Å². The van der Waals surface area contributed by atoms with Crippen LogP contribution in [0, 0.1) is 5.92 Å². The van der Waals surface area contributed by atoms with Gasteiger partial charge in [0.2, 0.25) is 5.13 Å². The van der Waals surface area contributed by atoms with Crippen LogP contribution in [0.1, 0.15) is 32.1 Å². The van der Waals surface area contributed by atoms with E-state index in [-0.39, 0.29) is 0 Å². The fraction of sp³-hybridized carbons (Fsp3) is 0.429. The monoisotopic (exact) mass is 259 g/mol. The van der Waals surface area contributed by atoms with Crippen LogP contribution in [-0.2, 0) is 0 Å². The summed E-state index contributed by atoms with van der Waals surface area (Å²) in [6, 6.07) is 8.16. The van der Waals surface area contributed by atoms with Gasteiger partial charge >= 0.3 is 0 Å². The largest absolute Gasteiger partial charge is 0.253 e. The molecule has 2 aromatic rings. The maximum absolute atomic E-state index is 4.49. The third kappa shape index (κ3) is 2.70. The van der Waals surface area contributed by atoms with Gasteiger partial charge in [0.05, 0.1) is 10.2 Å². The predicted octanol–water partition coefficient (Wildman–Crippen LogP) is 4.27. The molecule has 1 aliphatic carbocycles. The van der Waals surface area contributed by atoms with E-state index in [0.29, 0.717) is 5.92 Å². The molecule has 1 heterocycles. The minimum absolute atomic E-state index is 0.653. The van der Waals surface area contributed by atoms with E-state index in [1.807, 2.05) is 18.2 Å². The minimum Gasteiger partial charge on any atom is -0.253 e. The van der Waals surface area contributed by atoms with E-state index < -0.39 is 0 Å². The predicted molar refractivity (Wildman–Crippen MR) is 78.3 cm³/mol. The smallest absolute Gasteiger partial charge is 0.204 e. The Balaban J connectivity index is 1.63. The van der Waals surface area contributed by atoms with Crippen LogP contribution in [-0.4, -0.2) is 11.2 Å². The number of fused-ring (bicyclic) bond motifs is 1. The second-order valence-electron chi connectivity index (χ2n) is 4.77. The summed E-state index contributed by atoms with van der Waals surface area (Å²) in [4.78, 5) is 4.49. The summed E-state index contributed by atoms with van der Waals surface area (Å²) in [5, 5.41) is 5.21. The number of aromatic nitrogens is 1. The lowest BCUT2D eigenvalue weighted by Gasteiger charge is -2.16. The van der Waals surface area contributed by atoms with E-state index in [1.165, 1.54) is 36.8 Å². The molecule has 1 N–H and O–H groups in total. The fourth-order valence-corrected chi connectivity index (χ4v) is 3.22. The Hall–Kier alpha value is -1.42. The maximum atomic E-state index is 4.49. The summed E-state index contributed by atoms with van der Waals surface area (Å²) in [5.41, 5.74) is 4.10. The number of hydrazone groups is 1. The van der Waals surface area contributed by atoms with Gasteiger partial charge in [-0.15, -0.1) is 0 Å². The summed E-state index contributed by atoms with van der Waals surface area (Å²) in [7, 11) is 0. The average Bonchev–Trinajstić information content (AvgIpc) is 2.82. The minimum atomic E-state index is 0.653. The normalized spacial score (nSPS) is 17.6. The van der Waals surface area contributed by atoms with Crippen molar-refractivity contribution in [3.63, 3.8) is 0 Å². The second kappa shape index (κ2) is 5.48. The molecule has 0 radical (unpaired) electrons. The summed E-state index contributed by atoms with van der Waals surface area (Å²) in [6.45, 7) is 0. The first kappa shape index (κ1) is 11.7. The van der Waals surface area contributed by atoms with Gasteiger partial charge in [0.15, 0.2) is 0 Å². The lowest BCUT2D eigenvalue weighted by Crippen LogP contribution is -2.08. The van der Waals surface area contributed by atoms with Crippen molar-refractivity contribution in [2.24, 2.45) is 11.0 Å². The van der Waals surface area contributed by atoms with Crippen LogP contribution in [0.4, 0.5) is 5.13 Å². The van der Waals surface area contributed by atoms with E-state index in [0.717, 1.165) is 10.6 Å². The van der Waals surface area contributed by atoms with Crippen LogP contribution in [0.3, 0.4) is 0 Å². The molecule has 18 heavy (non-hydrogen) atoms. The van der Waals surface area contributed by atoms with Crippen LogP contribution in [0.2, 0.25) is 0 Å². The number of benzene rings is 1. The Kier molecular flexibility index (Phi) is 3.55. The Bertz CT molecular complexity index is 508. The first-order valence-electron chi connectivity index (χ1n) is 6.56. The first-order chi connectivity index (χ1) is 8.92. The third-order valence-electron chi connectivity index (χ3n) is 3.39. The molecule has 1 aromatic carbocycles. The molecule has 0 aliphatic heterocycles. The molecule has 0 spiro atoms. The molecular weight excluding hydrogens is 242 g/mol. The van der Waals surface area contributed by atoms with Gasteiger partial charge in [0, 0.05) is 6.21 Å². The Labute approximate surface area is 111 Å². The molecule has 4 heteroatoms. The molecule has 0 unspecified atom stereocenters. The number of para-hydroxylation sites is 1. The van der Waals surface area contributed by atoms with Gasteiger partial charge < -0.3 is 0 Å². The quantitative estimate of drug-likeness (QED) is 0.660. The molecule has 3 nitrogen and oxygen atoms in total. The lowest BCUT2D eigenvalue weighted by atomic mass is 9.90. The highest BCUT2D eigenvalue weighted by Gasteiger charge is 2.10. The van der Waals surface area contributed by atoms with Gasteiger partial charge in [0.25, 0.3) is 0 Å². The molecule has 3 rings (SSSR count). The number of hydrogen-bond donors (Lipinski definition) is 1. The van der Waals surface area contributed by atoms with Gasteiger partial charge in [-0.2, -0.15) is 5.10 Å². The first-order valence-corrected chi connectivity index (χ1v) is 7.38. The number of anilines is 1. The molecule has 1 aliphatic rings. The van der Waals surface area contributed by atoms with Crippen LogP contribution < -0.4 is 5.43 Å². The van der Waals surface area contributed by atoms with Gasteiger partial charge in [-0.3, -0.25) is 5.43 Å². The zero-order chi connectivity index (χ0) is 12.2. The molecule has 0 saturated heterocycles. The van der Waals surface area contributed by atoms with E-state index in [2.05, 4.69) is 27.8 Å². The highest BCUT2D eigenvalue weighted by atomic mass is 32.1. The molecule has 1 aromatic heterocycles. The molecule has 0 amide bonds. The summed E-state index contributed by atoms with van der Waals surface area (Å²) >= 11 is 1.65. The second-order valence-corrected chi connectivity index (χ2v) is 5.81. The van der Waals surface area contributed by atoms with Gasteiger partial charge in [-0.05, 0) is 30.9 Å². The van der Waals surface area contributed by atoms with Gasteiger partial charge in [-0.25, -0.2) is 4.98 Å². The summed E-state index contributed by atoms with van der Waals surface area (Å²) in [6.07, 6.45) is 8.70. The standard InChI is InChI=1S/C14H17N3S/c1-2-6-11(7-3-1)10-15-17-14-16-12-8-4-5-9-13(12)18-14/h4-5,8-11H,1-3,6-7H2,(H,16,17). The van der Waals surface area contributed by atoms with Gasteiger partial charge in [0.1, 0.15) is 0 Å². The fourth-order valence-electron chi connectivity index (χ4n) is 2.40. The number of thiazole rings is 1. The highest BCUT2D eigenvalue weighted by Crippen LogP contribution is 2.25.